The largest absolute Gasteiger partial charge is 0.429 e. The molecule has 0 aliphatic carbocycles. The third kappa shape index (κ3) is 4.65. The van der Waals surface area contributed by atoms with Crippen LogP contribution < -0.4 is 15.0 Å². The number of aromatic nitrogens is 1. The zero-order chi connectivity index (χ0) is 22.1. The maximum atomic E-state index is 13.9. The first kappa shape index (κ1) is 21.5. The van der Waals surface area contributed by atoms with Crippen LogP contribution in [0.25, 0.3) is 11.3 Å². The maximum Gasteiger partial charge on any atom is 0.387 e. The third-order valence-corrected chi connectivity index (χ3v) is 6.25. The van der Waals surface area contributed by atoms with Gasteiger partial charge in [-0.25, -0.2) is 13.8 Å². The molecular formula is C19H15F4N3O3S2. The number of thiazole rings is 1. The van der Waals surface area contributed by atoms with Crippen molar-refractivity contribution < 1.29 is 31.8 Å². The number of ether oxygens (including phenoxy) is 2. The number of fused-ring (bicyclic) bond motifs is 1. The first-order valence-corrected chi connectivity index (χ1v) is 10.7. The van der Waals surface area contributed by atoms with E-state index in [4.69, 9.17) is 4.74 Å². The van der Waals surface area contributed by atoms with Crippen LogP contribution in [0.4, 0.5) is 28.4 Å². The van der Waals surface area contributed by atoms with E-state index < -0.39 is 24.0 Å². The molecule has 0 unspecified atom stereocenters. The van der Waals surface area contributed by atoms with E-state index in [1.165, 1.54) is 16.7 Å². The molecule has 0 saturated carbocycles. The number of hydrogen-bond donors (Lipinski definition) is 1. The van der Waals surface area contributed by atoms with Crippen LogP contribution in [0, 0.1) is 11.6 Å². The third-order valence-electron chi connectivity index (χ3n) is 4.47. The van der Waals surface area contributed by atoms with Gasteiger partial charge in [0.1, 0.15) is 6.73 Å². The van der Waals surface area contributed by atoms with Crippen molar-refractivity contribution in [2.45, 2.75) is 19.6 Å². The predicted molar refractivity (Wildman–Crippen MR) is 109 cm³/mol. The van der Waals surface area contributed by atoms with Crippen LogP contribution in [0.2, 0.25) is 0 Å². The summed E-state index contributed by atoms with van der Waals surface area (Å²) in [6.07, 6.45) is 0.134. The maximum absolute atomic E-state index is 13.9. The minimum atomic E-state index is -3.35. The van der Waals surface area contributed by atoms with Crippen molar-refractivity contribution in [2.75, 3.05) is 24.0 Å². The quantitative estimate of drug-likeness (QED) is 0.519. The average Bonchev–Trinajstić information content (AvgIpc) is 3.33. The van der Waals surface area contributed by atoms with Crippen LogP contribution >= 0.6 is 22.7 Å². The first-order chi connectivity index (χ1) is 14.8. The van der Waals surface area contributed by atoms with Crippen LogP contribution in [0.5, 0.6) is 5.75 Å². The molecule has 0 radical (unpaired) electrons. The number of thiophene rings is 1. The lowest BCUT2D eigenvalue weighted by molar-refractivity contribution is -0.115. The summed E-state index contributed by atoms with van der Waals surface area (Å²) in [6.45, 7) is -2.42. The highest BCUT2D eigenvalue weighted by Crippen LogP contribution is 2.34. The summed E-state index contributed by atoms with van der Waals surface area (Å²) in [6, 6.07) is 1.69. The number of amides is 1. The summed E-state index contributed by atoms with van der Waals surface area (Å²) < 4.78 is 61.8. The molecule has 0 bridgehead atoms. The van der Waals surface area contributed by atoms with Crippen molar-refractivity contribution in [1.29, 1.82) is 0 Å². The molecule has 3 heterocycles. The minimum Gasteiger partial charge on any atom is -0.429 e. The number of anilines is 2. The molecule has 6 nitrogen and oxygen atoms in total. The lowest BCUT2D eigenvalue weighted by Crippen LogP contribution is -2.26. The van der Waals surface area contributed by atoms with Gasteiger partial charge >= 0.3 is 6.61 Å². The van der Waals surface area contributed by atoms with Crippen molar-refractivity contribution >= 4 is 39.4 Å². The van der Waals surface area contributed by atoms with Gasteiger partial charge in [0.25, 0.3) is 0 Å². The van der Waals surface area contributed by atoms with Crippen molar-refractivity contribution in [1.82, 2.24) is 4.98 Å². The lowest BCUT2D eigenvalue weighted by atomic mass is 10.1. The van der Waals surface area contributed by atoms with Gasteiger partial charge in [-0.3, -0.25) is 4.79 Å². The number of nitrogens with one attached hydrogen (secondary N) is 1. The highest BCUT2D eigenvalue weighted by Gasteiger charge is 2.22. The van der Waals surface area contributed by atoms with E-state index in [-0.39, 0.29) is 28.7 Å². The fourth-order valence-corrected chi connectivity index (χ4v) is 4.90. The van der Waals surface area contributed by atoms with Crippen molar-refractivity contribution in [2.24, 2.45) is 0 Å². The van der Waals surface area contributed by atoms with Crippen LogP contribution in [0.15, 0.2) is 22.9 Å². The van der Waals surface area contributed by atoms with Gasteiger partial charge in [-0.15, -0.1) is 22.7 Å². The van der Waals surface area contributed by atoms with Gasteiger partial charge in [0.05, 0.1) is 24.4 Å². The second kappa shape index (κ2) is 8.81. The van der Waals surface area contributed by atoms with Gasteiger partial charge in [0, 0.05) is 33.8 Å². The second-order valence-corrected chi connectivity index (χ2v) is 8.43. The van der Waals surface area contributed by atoms with Crippen molar-refractivity contribution in [3.8, 4) is 17.0 Å². The highest BCUT2D eigenvalue weighted by atomic mass is 32.1. The topological polar surface area (TPSA) is 63.7 Å². The Balaban J connectivity index is 1.45. The zero-order valence-corrected chi connectivity index (χ0v) is 17.6. The smallest absolute Gasteiger partial charge is 0.387 e. The molecule has 0 saturated heterocycles. The molecule has 12 heteroatoms. The van der Waals surface area contributed by atoms with E-state index in [9.17, 15) is 22.4 Å². The van der Waals surface area contributed by atoms with E-state index in [2.05, 4.69) is 15.0 Å². The normalized spacial score (nSPS) is 13.4. The average molecular weight is 473 g/mol. The Hall–Kier alpha value is -2.70. The van der Waals surface area contributed by atoms with E-state index in [1.807, 2.05) is 17.3 Å². The molecule has 1 N–H and O–H groups in total. The van der Waals surface area contributed by atoms with Crippen LogP contribution in [0.1, 0.15) is 10.4 Å². The molecule has 164 valence electrons. The number of nitrogens with zero attached hydrogens (tertiary/aromatic N) is 2. The number of carbonyl (C=O) groups is 1. The molecule has 0 fully saturated rings. The monoisotopic (exact) mass is 473 g/mol. The number of rotatable bonds is 6. The number of hydrogen-bond acceptors (Lipinski definition) is 7. The molecule has 1 aliphatic rings. The van der Waals surface area contributed by atoms with Gasteiger partial charge in [-0.05, 0) is 12.1 Å². The molecule has 1 amide bonds. The Morgan fingerprint density at radius 1 is 1.29 bits per heavy atom. The molecule has 0 spiro atoms. The Labute approximate surface area is 182 Å². The molecule has 2 aromatic heterocycles. The van der Waals surface area contributed by atoms with E-state index in [0.29, 0.717) is 13.3 Å². The van der Waals surface area contributed by atoms with Crippen molar-refractivity contribution in [3.63, 3.8) is 0 Å². The van der Waals surface area contributed by atoms with E-state index in [0.717, 1.165) is 39.6 Å². The Morgan fingerprint density at radius 2 is 2.03 bits per heavy atom. The van der Waals surface area contributed by atoms with Gasteiger partial charge in [0.2, 0.25) is 5.91 Å². The predicted octanol–water partition coefficient (Wildman–Crippen LogP) is 4.86. The summed E-state index contributed by atoms with van der Waals surface area (Å²) in [5.74, 6) is -4.00. The van der Waals surface area contributed by atoms with Crippen LogP contribution in [-0.4, -0.2) is 31.3 Å². The standard InChI is InChI=1S/C19H15F4N3O3S2/c1-26-8-28-5-10-14(26)7-30-15(10)4-16(27)25-19-24-13(6-31-19)9-2-11(20)17(12(21)3-9)29-18(22)23/h2-3,6-7,18H,4-5,8H2,1H3,(H,24,25,27). The van der Waals surface area contributed by atoms with E-state index in [1.54, 1.807) is 0 Å². The summed E-state index contributed by atoms with van der Waals surface area (Å²) >= 11 is 2.54. The Morgan fingerprint density at radius 3 is 2.74 bits per heavy atom. The molecular weight excluding hydrogens is 458 g/mol. The number of halogens is 4. The first-order valence-electron chi connectivity index (χ1n) is 8.89. The number of carbonyl (C=O) groups excluding carboxylic acids is 1. The molecule has 0 atom stereocenters. The van der Waals surface area contributed by atoms with Gasteiger partial charge in [0.15, 0.2) is 22.5 Å². The zero-order valence-electron chi connectivity index (χ0n) is 16.0. The lowest BCUT2D eigenvalue weighted by Gasteiger charge is -2.25. The molecule has 1 aliphatic heterocycles. The Kier molecular flexibility index (Phi) is 6.12. The molecule has 1 aromatic carbocycles. The SMILES string of the molecule is CN1COCc2c1csc2CC(=O)Nc1nc(-c2cc(F)c(OC(F)F)c(F)c2)cs1. The van der Waals surface area contributed by atoms with Gasteiger partial charge < -0.3 is 19.7 Å². The molecule has 31 heavy (non-hydrogen) atoms. The van der Waals surface area contributed by atoms with Gasteiger partial charge in [-0.1, -0.05) is 0 Å². The fourth-order valence-electron chi connectivity index (χ4n) is 3.07. The van der Waals surface area contributed by atoms with E-state index >= 15 is 0 Å². The number of benzene rings is 1. The van der Waals surface area contributed by atoms with Crippen molar-refractivity contribution in [3.05, 3.63) is 45.0 Å². The summed E-state index contributed by atoms with van der Waals surface area (Å²) in [5.41, 5.74) is 2.23. The summed E-state index contributed by atoms with van der Waals surface area (Å²) in [5, 5.41) is 6.38. The van der Waals surface area contributed by atoms with Crippen LogP contribution in [0.3, 0.4) is 0 Å². The second-order valence-electron chi connectivity index (χ2n) is 6.61. The highest BCUT2D eigenvalue weighted by molar-refractivity contribution is 7.14. The number of alkyl halides is 2. The molecule has 4 rings (SSSR count). The summed E-state index contributed by atoms with van der Waals surface area (Å²) in [7, 11) is 1.91. The van der Waals surface area contributed by atoms with Gasteiger partial charge in [-0.2, -0.15) is 8.78 Å². The van der Waals surface area contributed by atoms with Crippen LogP contribution in [-0.2, 0) is 22.6 Å². The minimum absolute atomic E-state index is 0.0286. The molecule has 3 aromatic rings. The summed E-state index contributed by atoms with van der Waals surface area (Å²) in [4.78, 5) is 19.4. The fraction of sp³-hybridized carbons (Fsp3) is 0.263. The Bertz CT molecular complexity index is 1100.